The van der Waals surface area contributed by atoms with E-state index in [0.29, 0.717) is 89.2 Å². The van der Waals surface area contributed by atoms with Crippen LogP contribution in [0.15, 0.2) is 78.9 Å². The average molecular weight is 973 g/mol. The molecule has 374 valence electrons. The van der Waals surface area contributed by atoms with Crippen LogP contribution in [0, 0.1) is 23.4 Å². The van der Waals surface area contributed by atoms with Crippen molar-refractivity contribution in [2.75, 3.05) is 66.7 Å². The molecule has 2 aromatic heterocycles. The zero-order valence-electron chi connectivity index (χ0n) is 40.7. The Hall–Kier alpha value is -5.87. The van der Waals surface area contributed by atoms with Crippen LogP contribution in [0.3, 0.4) is 0 Å². The van der Waals surface area contributed by atoms with Crippen LogP contribution in [0.2, 0.25) is 0 Å². The second-order valence-corrected chi connectivity index (χ2v) is 20.7. The first-order valence-electron chi connectivity index (χ1n) is 25.3. The zero-order chi connectivity index (χ0) is 49.2. The third-order valence-corrected chi connectivity index (χ3v) is 16.9. The molecule has 12 nitrogen and oxygen atoms in total. The highest BCUT2D eigenvalue weighted by atomic mass is 19.1. The van der Waals surface area contributed by atoms with E-state index < -0.39 is 11.6 Å². The number of aromatic nitrogens is 2. The van der Waals surface area contributed by atoms with Crippen molar-refractivity contribution in [2.45, 2.75) is 94.0 Å². The van der Waals surface area contributed by atoms with Crippen molar-refractivity contribution < 1.29 is 42.1 Å². The Balaban J connectivity index is 0.817. The summed E-state index contributed by atoms with van der Waals surface area (Å²) in [6, 6.07) is 21.8. The molecule has 2 atom stereocenters. The fourth-order valence-corrected chi connectivity index (χ4v) is 13.0. The van der Waals surface area contributed by atoms with Crippen LogP contribution in [0.25, 0.3) is 21.8 Å². The summed E-state index contributed by atoms with van der Waals surface area (Å²) in [5.74, 6) is 0.252. The number of ether oxygens (including phenoxy) is 3. The lowest BCUT2D eigenvalue weighted by Crippen LogP contribution is -2.56. The van der Waals surface area contributed by atoms with E-state index in [9.17, 15) is 19.1 Å². The lowest BCUT2D eigenvalue weighted by molar-refractivity contribution is -0.148. The summed E-state index contributed by atoms with van der Waals surface area (Å²) in [6.07, 6.45) is 4.30. The summed E-state index contributed by atoms with van der Waals surface area (Å²) in [4.78, 5) is 43.0. The molecule has 4 aliphatic heterocycles. The van der Waals surface area contributed by atoms with Crippen molar-refractivity contribution in [1.82, 2.24) is 29.6 Å². The number of benzene rings is 4. The van der Waals surface area contributed by atoms with Gasteiger partial charge in [0.25, 0.3) is 0 Å². The molecule has 11 rings (SSSR count). The largest absolute Gasteiger partial charge is 0.497 e. The van der Waals surface area contributed by atoms with Crippen molar-refractivity contribution >= 4 is 33.6 Å². The molecule has 3 N–H and O–H groups in total. The molecular formula is C56H63F3N6O6. The van der Waals surface area contributed by atoms with Gasteiger partial charge in [-0.05, 0) is 98.2 Å². The topological polar surface area (TPSA) is 127 Å². The molecule has 2 amide bonds. The van der Waals surface area contributed by atoms with Gasteiger partial charge in [-0.1, -0.05) is 25.1 Å². The van der Waals surface area contributed by atoms with Crippen LogP contribution < -0.4 is 9.47 Å². The first kappa shape index (κ1) is 47.5. The van der Waals surface area contributed by atoms with Gasteiger partial charge in [0.1, 0.15) is 29.0 Å². The van der Waals surface area contributed by atoms with Crippen LogP contribution in [0.5, 0.6) is 11.5 Å². The molecule has 6 heterocycles. The molecule has 71 heavy (non-hydrogen) atoms. The van der Waals surface area contributed by atoms with E-state index in [4.69, 9.17) is 14.2 Å². The lowest BCUT2D eigenvalue weighted by atomic mass is 9.67. The summed E-state index contributed by atoms with van der Waals surface area (Å²) < 4.78 is 63.3. The van der Waals surface area contributed by atoms with Crippen molar-refractivity contribution in [3.63, 3.8) is 0 Å². The summed E-state index contributed by atoms with van der Waals surface area (Å²) >= 11 is 0. The predicted octanol–water partition coefficient (Wildman–Crippen LogP) is 8.82. The number of carbonyl (C=O) groups is 2. The third kappa shape index (κ3) is 8.45. The van der Waals surface area contributed by atoms with E-state index in [2.05, 4.69) is 31.9 Å². The van der Waals surface area contributed by atoms with Gasteiger partial charge in [-0.3, -0.25) is 19.4 Å². The summed E-state index contributed by atoms with van der Waals surface area (Å²) in [6.45, 7) is 6.02. The van der Waals surface area contributed by atoms with E-state index in [-0.39, 0.29) is 77.9 Å². The second-order valence-electron chi connectivity index (χ2n) is 20.7. The zero-order valence-corrected chi connectivity index (χ0v) is 40.7. The van der Waals surface area contributed by atoms with Crippen molar-refractivity contribution in [2.24, 2.45) is 5.92 Å². The molecular weight excluding hydrogens is 910 g/mol. The number of methoxy groups -OCH3 is 2. The molecule has 5 aliphatic rings. The molecule has 1 saturated carbocycles. The van der Waals surface area contributed by atoms with E-state index in [1.807, 2.05) is 47.1 Å². The first-order valence-corrected chi connectivity index (χ1v) is 25.3. The molecule has 15 heteroatoms. The van der Waals surface area contributed by atoms with Crippen molar-refractivity contribution in [3.8, 4) is 11.5 Å². The van der Waals surface area contributed by atoms with E-state index in [1.54, 1.807) is 26.4 Å². The highest BCUT2D eigenvalue weighted by Crippen LogP contribution is 2.52. The molecule has 6 aromatic rings. The van der Waals surface area contributed by atoms with E-state index in [0.717, 1.165) is 57.9 Å². The molecule has 4 aromatic carbocycles. The Labute approximate surface area is 412 Å². The Morgan fingerprint density at radius 2 is 1.24 bits per heavy atom. The number of amides is 2. The normalized spacial score (nSPS) is 23.0. The van der Waals surface area contributed by atoms with Crippen LogP contribution >= 0.6 is 0 Å². The molecule has 3 fully saturated rings. The Morgan fingerprint density at radius 3 is 1.82 bits per heavy atom. The monoisotopic (exact) mass is 972 g/mol. The molecule has 0 unspecified atom stereocenters. The number of hydrogen-bond acceptors (Lipinski definition) is 8. The summed E-state index contributed by atoms with van der Waals surface area (Å²) in [7, 11) is 3.28. The number of aliphatic hydroxyl groups excluding tert-OH is 1. The number of likely N-dealkylation sites (tertiary alicyclic amines) is 2. The molecule has 2 spiro atoms. The number of nitrogens with one attached hydrogen (secondary N) is 2. The number of fused-ring (bicyclic) bond motifs is 8. The van der Waals surface area contributed by atoms with Crippen LogP contribution in [-0.4, -0.2) is 119 Å². The van der Waals surface area contributed by atoms with Gasteiger partial charge in [-0.25, -0.2) is 13.2 Å². The number of H-pyrrole nitrogens is 2. The Morgan fingerprint density at radius 1 is 0.690 bits per heavy atom. The number of nitrogens with zero attached hydrogens (tertiary/aromatic N) is 4. The number of halogens is 3. The van der Waals surface area contributed by atoms with Gasteiger partial charge in [0.05, 0.1) is 45.6 Å². The fourth-order valence-electron chi connectivity index (χ4n) is 13.0. The van der Waals surface area contributed by atoms with E-state index in [1.165, 1.54) is 29.3 Å². The predicted molar refractivity (Wildman–Crippen MR) is 264 cm³/mol. The molecule has 0 bridgehead atoms. The minimum atomic E-state index is -0.501. The molecule has 2 saturated heterocycles. The maximum atomic E-state index is 15.5. The second kappa shape index (κ2) is 19.0. The average Bonchev–Trinajstić information content (AvgIpc) is 3.96. The van der Waals surface area contributed by atoms with Crippen molar-refractivity contribution in [3.05, 3.63) is 130 Å². The molecule has 1 aliphatic carbocycles. The number of carbonyl (C=O) groups excluding carboxylic acids is 2. The van der Waals surface area contributed by atoms with Gasteiger partial charge < -0.3 is 39.1 Å². The van der Waals surface area contributed by atoms with Gasteiger partial charge in [-0.15, -0.1) is 0 Å². The maximum Gasteiger partial charge on any atom is 0.225 e. The van der Waals surface area contributed by atoms with Gasteiger partial charge in [0.15, 0.2) is 0 Å². The van der Waals surface area contributed by atoms with Gasteiger partial charge in [0, 0.05) is 132 Å². The quantitative estimate of drug-likeness (QED) is 0.111. The van der Waals surface area contributed by atoms with Gasteiger partial charge >= 0.3 is 0 Å². The summed E-state index contributed by atoms with van der Waals surface area (Å²) in [5.41, 5.74) is 6.21. The van der Waals surface area contributed by atoms with Crippen molar-refractivity contribution in [1.29, 1.82) is 0 Å². The summed E-state index contributed by atoms with van der Waals surface area (Å²) in [5, 5.41) is 13.0. The number of rotatable bonds is 12. The highest BCUT2D eigenvalue weighted by Gasteiger charge is 2.51. The minimum absolute atomic E-state index is 0.124. The number of hydrogen-bond donors (Lipinski definition) is 3. The van der Waals surface area contributed by atoms with E-state index >= 15 is 8.78 Å². The standard InChI is InChI=1S/C56H63F3N6O6/c1-4-49(67)62-19-15-55(16-20-62)33-65(29-36-23-37(57)9-14-44(36)59)48(53-51(55)42-13-11-39(70-3)27-46(42)61-53)31-71-40-24-35(25-40)54(68)63-21-17-56(18-22-63)32-64(28-34-7-5-6-8-43(34)58)47(30-66)52-50(56)41-12-10-38(69-2)26-45(41)60-52/h5-14,23,26-27,35,40,47-48,60-61,66H,4,15-22,24-25,28-33H2,1-3H3/t35?,40?,47-,48-/m1/s1. The number of piperidine rings is 2. The Kier molecular flexibility index (Phi) is 12.7. The first-order chi connectivity index (χ1) is 34.4. The third-order valence-electron chi connectivity index (χ3n) is 16.9. The van der Waals surface area contributed by atoms with Gasteiger partial charge in [0.2, 0.25) is 11.8 Å². The molecule has 0 radical (unpaired) electrons. The maximum absolute atomic E-state index is 15.5. The number of aromatic amines is 2. The number of aliphatic hydroxyl groups is 1. The van der Waals surface area contributed by atoms with Crippen LogP contribution in [-0.2, 0) is 38.2 Å². The Bertz CT molecular complexity index is 2970. The smallest absolute Gasteiger partial charge is 0.225 e. The minimum Gasteiger partial charge on any atom is -0.497 e. The van der Waals surface area contributed by atoms with Crippen LogP contribution in [0.4, 0.5) is 13.2 Å². The van der Waals surface area contributed by atoms with Gasteiger partial charge in [-0.2, -0.15) is 0 Å². The highest BCUT2D eigenvalue weighted by molar-refractivity contribution is 5.89. The van der Waals surface area contributed by atoms with Crippen LogP contribution in [0.1, 0.15) is 97.6 Å². The lowest BCUT2D eigenvalue weighted by Gasteiger charge is -2.51. The fraction of sp³-hybridized carbons (Fsp3) is 0.464. The SMILES string of the molecule is CCC(=O)N1CCC2(CC1)CN(Cc1cc(F)ccc1F)[C@H](COC1CC(C(=O)N3CCC4(CC3)CN(Cc3ccccc3F)[C@H](CO)c3[nH]c5cc(OC)ccc5c34)C1)c1[nH]c3cc(OC)ccc3c12.